The first-order valence-electron chi connectivity index (χ1n) is 8.37. The molecular formula is C17H26ClN3. The lowest BCUT2D eigenvalue weighted by atomic mass is 9.83. The van der Waals surface area contributed by atoms with Crippen molar-refractivity contribution in [2.45, 2.75) is 51.1 Å². The maximum Gasteiger partial charge on any atom is 0.0634 e. The molecule has 1 unspecified atom stereocenters. The summed E-state index contributed by atoms with van der Waals surface area (Å²) in [6.45, 7) is 4.42. The molecule has 0 bridgehead atoms. The van der Waals surface area contributed by atoms with Crippen molar-refractivity contribution in [1.29, 1.82) is 0 Å². The Kier molecular flexibility index (Phi) is 5.50. The van der Waals surface area contributed by atoms with Crippen molar-refractivity contribution < 1.29 is 0 Å². The first kappa shape index (κ1) is 15.3. The molecule has 4 heteroatoms. The number of pyridine rings is 1. The van der Waals surface area contributed by atoms with Crippen LogP contribution in [0.15, 0.2) is 18.5 Å². The monoisotopic (exact) mass is 307 g/mol. The molecule has 3 rings (SSSR count). The Hall–Kier alpha value is -0.640. The Morgan fingerprint density at radius 2 is 2.10 bits per heavy atom. The summed E-state index contributed by atoms with van der Waals surface area (Å²) in [6.07, 6.45) is 11.9. The smallest absolute Gasteiger partial charge is 0.0634 e. The van der Waals surface area contributed by atoms with E-state index < -0.39 is 0 Å². The van der Waals surface area contributed by atoms with E-state index in [0.29, 0.717) is 6.04 Å². The molecule has 2 heterocycles. The van der Waals surface area contributed by atoms with Gasteiger partial charge in [-0.1, -0.05) is 30.9 Å². The number of hydrogen-bond donors (Lipinski definition) is 1. The number of halogens is 1. The van der Waals surface area contributed by atoms with Gasteiger partial charge in [0.2, 0.25) is 0 Å². The lowest BCUT2D eigenvalue weighted by molar-refractivity contribution is 0.201. The third-order valence-electron chi connectivity index (χ3n) is 4.98. The maximum atomic E-state index is 6.26. The Morgan fingerprint density at radius 3 is 2.90 bits per heavy atom. The fraction of sp³-hybridized carbons (Fsp3) is 0.706. The summed E-state index contributed by atoms with van der Waals surface area (Å²) in [5.41, 5.74) is 1.20. The first-order chi connectivity index (χ1) is 10.3. The normalized spacial score (nSPS) is 25.7. The summed E-state index contributed by atoms with van der Waals surface area (Å²) in [6, 6.07) is 2.71. The predicted molar refractivity (Wildman–Crippen MR) is 87.5 cm³/mol. The van der Waals surface area contributed by atoms with Crippen LogP contribution in [0, 0.1) is 5.92 Å². The minimum Gasteiger partial charge on any atom is -0.312 e. The van der Waals surface area contributed by atoms with Gasteiger partial charge in [0.25, 0.3) is 0 Å². The van der Waals surface area contributed by atoms with Gasteiger partial charge in [-0.15, -0.1) is 0 Å². The van der Waals surface area contributed by atoms with Crippen LogP contribution in [0.1, 0.15) is 44.1 Å². The van der Waals surface area contributed by atoms with Gasteiger partial charge in [0, 0.05) is 31.5 Å². The van der Waals surface area contributed by atoms with Crippen LogP contribution in [0.5, 0.6) is 0 Å². The highest BCUT2D eigenvalue weighted by Gasteiger charge is 2.27. The van der Waals surface area contributed by atoms with Gasteiger partial charge >= 0.3 is 0 Å². The van der Waals surface area contributed by atoms with Gasteiger partial charge in [0.1, 0.15) is 0 Å². The van der Waals surface area contributed by atoms with Crippen LogP contribution < -0.4 is 5.32 Å². The van der Waals surface area contributed by atoms with Crippen molar-refractivity contribution in [2.24, 2.45) is 5.92 Å². The van der Waals surface area contributed by atoms with Gasteiger partial charge in [0.15, 0.2) is 0 Å². The fourth-order valence-corrected chi connectivity index (χ4v) is 3.97. The second-order valence-electron chi connectivity index (χ2n) is 6.51. The van der Waals surface area contributed by atoms with Gasteiger partial charge in [0.05, 0.1) is 5.02 Å². The highest BCUT2D eigenvalue weighted by molar-refractivity contribution is 6.31. The zero-order valence-corrected chi connectivity index (χ0v) is 13.5. The zero-order valence-electron chi connectivity index (χ0n) is 12.7. The third-order valence-corrected chi connectivity index (χ3v) is 5.32. The molecule has 1 atom stereocenters. The van der Waals surface area contributed by atoms with E-state index >= 15 is 0 Å². The van der Waals surface area contributed by atoms with Crippen molar-refractivity contribution in [1.82, 2.24) is 15.2 Å². The minimum atomic E-state index is 0.661. The van der Waals surface area contributed by atoms with Crippen LogP contribution in [-0.4, -0.2) is 35.6 Å². The van der Waals surface area contributed by atoms with Crippen molar-refractivity contribution in [2.75, 3.05) is 19.6 Å². The lowest BCUT2D eigenvalue weighted by Gasteiger charge is -2.33. The highest BCUT2D eigenvalue weighted by atomic mass is 35.5. The summed E-state index contributed by atoms with van der Waals surface area (Å²) in [5.74, 6) is 0.868. The summed E-state index contributed by atoms with van der Waals surface area (Å²) < 4.78 is 0. The predicted octanol–water partition coefficient (Wildman–Crippen LogP) is 3.48. The van der Waals surface area contributed by atoms with E-state index in [1.54, 1.807) is 6.20 Å². The Labute approximate surface area is 133 Å². The summed E-state index contributed by atoms with van der Waals surface area (Å²) in [5, 5.41) is 4.59. The van der Waals surface area contributed by atoms with Gasteiger partial charge < -0.3 is 5.32 Å². The van der Waals surface area contributed by atoms with Gasteiger partial charge in [-0.3, -0.25) is 9.88 Å². The fourth-order valence-electron chi connectivity index (χ4n) is 3.79. The Balaban J connectivity index is 1.63. The van der Waals surface area contributed by atoms with E-state index in [0.717, 1.165) is 37.1 Å². The molecule has 2 fully saturated rings. The van der Waals surface area contributed by atoms with E-state index in [9.17, 15) is 0 Å². The molecule has 1 saturated carbocycles. The topological polar surface area (TPSA) is 28.2 Å². The molecule has 0 aromatic carbocycles. The number of nitrogens with one attached hydrogen (secondary N) is 1. The molecule has 0 spiro atoms. The number of hydrogen-bond acceptors (Lipinski definition) is 3. The van der Waals surface area contributed by atoms with E-state index in [4.69, 9.17) is 11.6 Å². The quantitative estimate of drug-likeness (QED) is 0.926. The molecule has 0 amide bonds. The van der Waals surface area contributed by atoms with Crippen molar-refractivity contribution >= 4 is 11.6 Å². The molecule has 116 valence electrons. The average Bonchev–Trinajstić information content (AvgIpc) is 2.76. The zero-order chi connectivity index (χ0) is 14.5. The second kappa shape index (κ2) is 7.57. The van der Waals surface area contributed by atoms with Crippen molar-refractivity contribution in [3.8, 4) is 0 Å². The summed E-state index contributed by atoms with van der Waals surface area (Å²) >= 11 is 6.26. The molecule has 1 aromatic rings. The second-order valence-corrected chi connectivity index (χ2v) is 6.92. The molecule has 2 aliphatic rings. The van der Waals surface area contributed by atoms with Gasteiger partial charge in [-0.25, -0.2) is 0 Å². The first-order valence-corrected chi connectivity index (χ1v) is 8.75. The summed E-state index contributed by atoms with van der Waals surface area (Å²) in [4.78, 5) is 6.65. The lowest BCUT2D eigenvalue weighted by Crippen LogP contribution is -2.43. The average molecular weight is 308 g/mol. The minimum absolute atomic E-state index is 0.661. The van der Waals surface area contributed by atoms with Crippen LogP contribution in [0.3, 0.4) is 0 Å². The van der Waals surface area contributed by atoms with Crippen molar-refractivity contribution in [3.05, 3.63) is 29.0 Å². The van der Waals surface area contributed by atoms with Crippen LogP contribution in [0.2, 0.25) is 5.02 Å². The Bertz CT molecular complexity index is 445. The maximum absolute atomic E-state index is 6.26. The molecule has 1 aliphatic carbocycles. The van der Waals surface area contributed by atoms with E-state index in [2.05, 4.69) is 21.3 Å². The standard InChI is InChI=1S/C17H26ClN3/c18-16-11-19-9-7-15(16)12-21-10-4-8-20-17(13-21)14-5-2-1-3-6-14/h7,9,11,14,17,20H,1-6,8,10,12-13H2. The van der Waals surface area contributed by atoms with Gasteiger partial charge in [-0.2, -0.15) is 0 Å². The molecule has 1 aromatic heterocycles. The molecule has 3 nitrogen and oxygen atoms in total. The SMILES string of the molecule is Clc1cnccc1CN1CCCNC(C2CCCCC2)C1. The Morgan fingerprint density at radius 1 is 1.24 bits per heavy atom. The van der Waals surface area contributed by atoms with Crippen LogP contribution >= 0.6 is 11.6 Å². The molecule has 1 saturated heterocycles. The number of nitrogens with zero attached hydrogens (tertiary/aromatic N) is 2. The highest BCUT2D eigenvalue weighted by Crippen LogP contribution is 2.28. The number of aromatic nitrogens is 1. The summed E-state index contributed by atoms with van der Waals surface area (Å²) in [7, 11) is 0. The van der Waals surface area contributed by atoms with Gasteiger partial charge in [-0.05, 0) is 49.9 Å². The van der Waals surface area contributed by atoms with Crippen LogP contribution in [0.25, 0.3) is 0 Å². The van der Waals surface area contributed by atoms with Crippen LogP contribution in [0.4, 0.5) is 0 Å². The molecule has 21 heavy (non-hydrogen) atoms. The van der Waals surface area contributed by atoms with E-state index in [1.807, 2.05) is 6.20 Å². The number of rotatable bonds is 3. The molecule has 1 aliphatic heterocycles. The van der Waals surface area contributed by atoms with Crippen molar-refractivity contribution in [3.63, 3.8) is 0 Å². The van der Waals surface area contributed by atoms with E-state index in [-0.39, 0.29) is 0 Å². The molecular weight excluding hydrogens is 282 g/mol. The van der Waals surface area contributed by atoms with E-state index in [1.165, 1.54) is 44.1 Å². The molecule has 1 N–H and O–H groups in total. The largest absolute Gasteiger partial charge is 0.312 e. The third kappa shape index (κ3) is 4.18. The molecule has 0 radical (unpaired) electrons. The van der Waals surface area contributed by atoms with Crippen LogP contribution in [-0.2, 0) is 6.54 Å².